The zero-order valence-corrected chi connectivity index (χ0v) is 23.2. The summed E-state index contributed by atoms with van der Waals surface area (Å²) in [5.41, 5.74) is 2.34. The minimum Gasteiger partial charge on any atom is -0.497 e. The van der Waals surface area contributed by atoms with Gasteiger partial charge >= 0.3 is 0 Å². The molecule has 39 heavy (non-hydrogen) atoms. The maximum Gasteiger partial charge on any atom is 0.264 e. The monoisotopic (exact) mass is 530 g/mol. The number of aliphatic hydroxyl groups excluding tert-OH is 1. The standard InChI is InChI=1S/C31H38N4O4/c1-6-17-35-26-10-8-7-9-25(26)31(29(35)37)21(2)28(30(3,4)22-11-13-24(38-5)14-12-22)27(39-31)15-18-34-20-23(16-19-36)32-33-34/h6-14,20-21,27-28,36H,1,15-19H2,2-5H3/t21-,27+,28-,31+/m1/s1. The average molecular weight is 531 g/mol. The Labute approximate surface area is 230 Å². The van der Waals surface area contributed by atoms with Gasteiger partial charge in [0.1, 0.15) is 5.75 Å². The van der Waals surface area contributed by atoms with Gasteiger partial charge in [-0.05, 0) is 35.6 Å². The fourth-order valence-corrected chi connectivity index (χ4v) is 6.78. The van der Waals surface area contributed by atoms with Crippen LogP contribution in [0.1, 0.15) is 44.0 Å². The maximum atomic E-state index is 14.3. The maximum absolute atomic E-state index is 14.3. The molecule has 3 heterocycles. The Morgan fingerprint density at radius 2 is 1.95 bits per heavy atom. The van der Waals surface area contributed by atoms with Gasteiger partial charge in [0.25, 0.3) is 5.91 Å². The van der Waals surface area contributed by atoms with Crippen LogP contribution in [0.25, 0.3) is 0 Å². The van der Waals surface area contributed by atoms with Crippen molar-refractivity contribution < 1.29 is 19.4 Å². The Morgan fingerprint density at radius 3 is 2.64 bits per heavy atom. The molecular weight excluding hydrogens is 492 g/mol. The molecule has 0 saturated carbocycles. The largest absolute Gasteiger partial charge is 0.497 e. The number of hydrogen-bond acceptors (Lipinski definition) is 6. The third-order valence-electron chi connectivity index (χ3n) is 8.65. The summed E-state index contributed by atoms with van der Waals surface area (Å²) in [5, 5.41) is 17.7. The topological polar surface area (TPSA) is 89.7 Å². The van der Waals surface area contributed by atoms with Crippen LogP contribution in [0, 0.1) is 11.8 Å². The highest BCUT2D eigenvalue weighted by molar-refractivity contribution is 6.07. The van der Waals surface area contributed by atoms with E-state index in [0.717, 1.165) is 22.7 Å². The summed E-state index contributed by atoms with van der Waals surface area (Å²) in [6.07, 6.45) is 4.55. The molecule has 8 heteroatoms. The van der Waals surface area contributed by atoms with Gasteiger partial charge in [0.2, 0.25) is 0 Å². The Hall–Kier alpha value is -3.49. The van der Waals surface area contributed by atoms with Crippen molar-refractivity contribution in [2.45, 2.75) is 57.3 Å². The van der Waals surface area contributed by atoms with Crippen LogP contribution < -0.4 is 9.64 Å². The van der Waals surface area contributed by atoms with Gasteiger partial charge < -0.3 is 19.5 Å². The van der Waals surface area contributed by atoms with Crippen LogP contribution in [0.4, 0.5) is 5.69 Å². The Balaban J connectivity index is 1.55. The fourth-order valence-electron chi connectivity index (χ4n) is 6.78. The van der Waals surface area contributed by atoms with Crippen molar-refractivity contribution in [2.24, 2.45) is 11.8 Å². The molecule has 1 aromatic heterocycles. The number of aromatic nitrogens is 3. The number of aryl methyl sites for hydroxylation is 1. The number of rotatable bonds is 10. The Kier molecular flexibility index (Phi) is 7.35. The first-order chi connectivity index (χ1) is 18.8. The number of anilines is 1. The lowest BCUT2D eigenvalue weighted by atomic mass is 9.63. The summed E-state index contributed by atoms with van der Waals surface area (Å²) in [6.45, 7) is 11.6. The molecule has 5 rings (SSSR count). The van der Waals surface area contributed by atoms with Crippen molar-refractivity contribution in [1.82, 2.24) is 15.0 Å². The molecule has 0 bridgehead atoms. The Morgan fingerprint density at radius 1 is 1.21 bits per heavy atom. The predicted molar refractivity (Wildman–Crippen MR) is 150 cm³/mol. The van der Waals surface area contributed by atoms with Crippen molar-refractivity contribution in [3.8, 4) is 5.75 Å². The Bertz CT molecular complexity index is 1330. The predicted octanol–water partition coefficient (Wildman–Crippen LogP) is 4.27. The number of carbonyl (C=O) groups is 1. The third kappa shape index (κ3) is 4.45. The zero-order chi connectivity index (χ0) is 27.8. The van der Waals surface area contributed by atoms with Crippen molar-refractivity contribution >= 4 is 11.6 Å². The molecule has 2 aliphatic heterocycles. The summed E-state index contributed by atoms with van der Waals surface area (Å²) in [5.74, 6) is 0.694. The summed E-state index contributed by atoms with van der Waals surface area (Å²) in [6, 6.07) is 16.2. The van der Waals surface area contributed by atoms with Gasteiger partial charge in [0.15, 0.2) is 5.60 Å². The van der Waals surface area contributed by atoms with Gasteiger partial charge in [-0.15, -0.1) is 11.7 Å². The van der Waals surface area contributed by atoms with Gasteiger partial charge in [0, 0.05) is 49.7 Å². The van der Waals surface area contributed by atoms with Crippen LogP contribution in [0.3, 0.4) is 0 Å². The number of para-hydroxylation sites is 1. The van der Waals surface area contributed by atoms with E-state index < -0.39 is 5.60 Å². The molecule has 1 spiro atoms. The van der Waals surface area contributed by atoms with E-state index in [1.54, 1.807) is 22.8 Å². The first kappa shape index (κ1) is 27.1. The lowest BCUT2D eigenvalue weighted by Gasteiger charge is -2.38. The van der Waals surface area contributed by atoms with E-state index in [-0.39, 0.29) is 35.9 Å². The average Bonchev–Trinajstić information content (AvgIpc) is 3.58. The number of hydrogen-bond donors (Lipinski definition) is 1. The molecule has 0 aliphatic carbocycles. The van der Waals surface area contributed by atoms with Gasteiger partial charge in [-0.1, -0.05) is 62.4 Å². The number of aliphatic hydroxyl groups is 1. The number of fused-ring (bicyclic) bond motifs is 2. The summed E-state index contributed by atoms with van der Waals surface area (Å²) < 4.78 is 14.2. The summed E-state index contributed by atoms with van der Waals surface area (Å²) >= 11 is 0. The molecule has 1 amide bonds. The van der Waals surface area contributed by atoms with Crippen LogP contribution in [0.5, 0.6) is 5.75 Å². The highest BCUT2D eigenvalue weighted by Gasteiger charge is 2.65. The second-order valence-corrected chi connectivity index (χ2v) is 11.1. The lowest BCUT2D eigenvalue weighted by molar-refractivity contribution is -0.146. The van der Waals surface area contributed by atoms with Crippen LogP contribution >= 0.6 is 0 Å². The minimum absolute atomic E-state index is 0.0204. The minimum atomic E-state index is -1.08. The first-order valence-corrected chi connectivity index (χ1v) is 13.6. The third-order valence-corrected chi connectivity index (χ3v) is 8.65. The first-order valence-electron chi connectivity index (χ1n) is 13.6. The van der Waals surface area contributed by atoms with E-state index in [9.17, 15) is 9.90 Å². The van der Waals surface area contributed by atoms with E-state index in [1.807, 2.05) is 42.6 Å². The number of benzene rings is 2. The zero-order valence-electron chi connectivity index (χ0n) is 23.2. The number of carbonyl (C=O) groups excluding carboxylic acids is 1. The second kappa shape index (κ2) is 10.6. The van der Waals surface area contributed by atoms with E-state index >= 15 is 0 Å². The van der Waals surface area contributed by atoms with E-state index in [4.69, 9.17) is 9.47 Å². The van der Waals surface area contributed by atoms with Gasteiger partial charge in [-0.2, -0.15) is 0 Å². The number of nitrogens with zero attached hydrogens (tertiary/aromatic N) is 4. The molecule has 2 aromatic carbocycles. The van der Waals surface area contributed by atoms with E-state index in [2.05, 4.69) is 49.8 Å². The molecule has 1 fully saturated rings. The van der Waals surface area contributed by atoms with Crippen LogP contribution in [0.2, 0.25) is 0 Å². The van der Waals surface area contributed by atoms with Crippen molar-refractivity contribution in [3.05, 3.63) is 84.2 Å². The van der Waals surface area contributed by atoms with Gasteiger partial charge in [-0.25, -0.2) is 0 Å². The van der Waals surface area contributed by atoms with Crippen LogP contribution in [-0.2, 0) is 33.5 Å². The highest BCUT2D eigenvalue weighted by Crippen LogP contribution is 2.59. The van der Waals surface area contributed by atoms with E-state index in [1.165, 1.54) is 5.56 Å². The molecule has 1 saturated heterocycles. The molecule has 8 nitrogen and oxygen atoms in total. The molecule has 206 valence electrons. The summed E-state index contributed by atoms with van der Waals surface area (Å²) in [4.78, 5) is 16.1. The van der Waals surface area contributed by atoms with Crippen molar-refractivity contribution in [3.63, 3.8) is 0 Å². The van der Waals surface area contributed by atoms with Crippen LogP contribution in [0.15, 0.2) is 67.4 Å². The van der Waals surface area contributed by atoms with Crippen molar-refractivity contribution in [2.75, 3.05) is 25.2 Å². The number of methoxy groups -OCH3 is 1. The SMILES string of the molecule is C=CCN1C(=O)[C@@]2(O[C@@H](CCn3cc(CCO)nn3)[C@H](C(C)(C)c3ccc(OC)cc3)[C@H]2C)c2ccccc21. The molecule has 2 aliphatic rings. The number of ether oxygens (including phenoxy) is 2. The van der Waals surface area contributed by atoms with Gasteiger partial charge in [-0.3, -0.25) is 9.48 Å². The van der Waals surface area contributed by atoms with Gasteiger partial charge in [0.05, 0.1) is 24.6 Å². The number of amides is 1. The molecular formula is C31H38N4O4. The fraction of sp³-hybridized carbons (Fsp3) is 0.452. The normalized spacial score (nSPS) is 24.4. The van der Waals surface area contributed by atoms with Crippen LogP contribution in [-0.4, -0.2) is 52.4 Å². The molecule has 1 N–H and O–H groups in total. The molecule has 0 unspecified atom stereocenters. The lowest BCUT2D eigenvalue weighted by Crippen LogP contribution is -2.46. The highest BCUT2D eigenvalue weighted by atomic mass is 16.5. The summed E-state index contributed by atoms with van der Waals surface area (Å²) in [7, 11) is 1.67. The molecule has 4 atom stereocenters. The van der Waals surface area contributed by atoms with E-state index in [0.29, 0.717) is 25.9 Å². The smallest absolute Gasteiger partial charge is 0.264 e. The quantitative estimate of drug-likeness (QED) is 0.394. The molecule has 3 aromatic rings. The van der Waals surface area contributed by atoms with Crippen molar-refractivity contribution in [1.29, 1.82) is 0 Å². The second-order valence-electron chi connectivity index (χ2n) is 11.1. The molecule has 0 radical (unpaired) electrons.